The van der Waals surface area contributed by atoms with Crippen LogP contribution in [0.1, 0.15) is 59.0 Å². The van der Waals surface area contributed by atoms with Crippen molar-refractivity contribution in [2.75, 3.05) is 0 Å². The second kappa shape index (κ2) is 6.66. The van der Waals surface area contributed by atoms with E-state index in [0.717, 1.165) is 25.0 Å². The van der Waals surface area contributed by atoms with Gasteiger partial charge in [0.15, 0.2) is 6.04 Å². The van der Waals surface area contributed by atoms with Crippen LogP contribution < -0.4 is 5.32 Å². The molecule has 1 aromatic heterocycles. The van der Waals surface area contributed by atoms with Gasteiger partial charge in [0.2, 0.25) is 0 Å². The molecule has 0 saturated carbocycles. The summed E-state index contributed by atoms with van der Waals surface area (Å²) in [6.07, 6.45) is 4.19. The third-order valence-electron chi connectivity index (χ3n) is 4.63. The molecule has 25 heavy (non-hydrogen) atoms. The molecule has 0 aliphatic carbocycles. The number of carboxylic acids is 1. The molecule has 132 valence electrons. The van der Waals surface area contributed by atoms with Gasteiger partial charge in [-0.3, -0.25) is 9.48 Å². The molecule has 6 nitrogen and oxygen atoms in total. The molecule has 1 aliphatic heterocycles. The fraction of sp³-hybridized carbons (Fsp3) is 0.389. The summed E-state index contributed by atoms with van der Waals surface area (Å²) in [5.41, 5.74) is 1.89. The zero-order chi connectivity index (χ0) is 18.1. The van der Waals surface area contributed by atoms with Crippen LogP contribution in [0.2, 0.25) is 0 Å². The molecule has 2 unspecified atom stereocenters. The minimum absolute atomic E-state index is 0.223. The summed E-state index contributed by atoms with van der Waals surface area (Å²) >= 11 is 0. The zero-order valence-electron chi connectivity index (χ0n) is 14.1. The van der Waals surface area contributed by atoms with Crippen LogP contribution in [-0.2, 0) is 11.2 Å². The number of hydrogen-bond donors (Lipinski definition) is 2. The molecule has 0 spiro atoms. The van der Waals surface area contributed by atoms with Crippen molar-refractivity contribution in [3.63, 3.8) is 0 Å². The van der Waals surface area contributed by atoms with E-state index < -0.39 is 23.7 Å². The molecular formula is C18H20FN3O3. The maximum Gasteiger partial charge on any atom is 0.330 e. The number of hydrogen-bond acceptors (Lipinski definition) is 3. The Morgan fingerprint density at radius 1 is 1.44 bits per heavy atom. The molecule has 1 amide bonds. The number of rotatable bonds is 4. The molecule has 3 rings (SSSR count). The van der Waals surface area contributed by atoms with Gasteiger partial charge in [0.25, 0.3) is 5.91 Å². The summed E-state index contributed by atoms with van der Waals surface area (Å²) in [6.45, 7) is 3.59. The largest absolute Gasteiger partial charge is 0.479 e. The second-order valence-corrected chi connectivity index (χ2v) is 6.44. The molecule has 0 saturated heterocycles. The van der Waals surface area contributed by atoms with Crippen molar-refractivity contribution in [1.82, 2.24) is 15.1 Å². The Hall–Kier alpha value is -2.70. The number of aromatic nitrogens is 2. The van der Waals surface area contributed by atoms with E-state index in [-0.39, 0.29) is 6.04 Å². The van der Waals surface area contributed by atoms with Gasteiger partial charge in [0.1, 0.15) is 5.82 Å². The van der Waals surface area contributed by atoms with Crippen LogP contribution in [0.4, 0.5) is 4.39 Å². The van der Waals surface area contributed by atoms with Gasteiger partial charge < -0.3 is 10.4 Å². The summed E-state index contributed by atoms with van der Waals surface area (Å²) in [5.74, 6) is -2.10. The predicted molar refractivity (Wildman–Crippen MR) is 88.9 cm³/mol. The molecule has 2 N–H and O–H groups in total. The lowest BCUT2D eigenvalue weighted by Crippen LogP contribution is -2.34. The molecule has 7 heteroatoms. The van der Waals surface area contributed by atoms with Crippen LogP contribution in [0.25, 0.3) is 0 Å². The van der Waals surface area contributed by atoms with Gasteiger partial charge in [-0.05, 0) is 50.3 Å². The average molecular weight is 345 g/mol. The standard InChI is InChI=1S/C18H20FN3O3/c1-10-8-12(6-7-14(10)19)16(18(24)25)21-17(23)13-9-20-22-11(2)4-3-5-15(13)22/h6-9,11,16H,3-5H2,1-2H3,(H,21,23)(H,24,25). The molecule has 1 aliphatic rings. The number of fused-ring (bicyclic) bond motifs is 1. The number of nitrogens with one attached hydrogen (secondary N) is 1. The van der Waals surface area contributed by atoms with Gasteiger partial charge in [-0.15, -0.1) is 0 Å². The van der Waals surface area contributed by atoms with Gasteiger partial charge in [-0.25, -0.2) is 9.18 Å². The summed E-state index contributed by atoms with van der Waals surface area (Å²) in [5, 5.41) is 16.3. The fourth-order valence-electron chi connectivity index (χ4n) is 3.24. The van der Waals surface area contributed by atoms with Crippen molar-refractivity contribution < 1.29 is 19.1 Å². The topological polar surface area (TPSA) is 84.2 Å². The van der Waals surface area contributed by atoms with E-state index in [4.69, 9.17) is 0 Å². The first kappa shape index (κ1) is 17.1. The zero-order valence-corrected chi connectivity index (χ0v) is 14.1. The van der Waals surface area contributed by atoms with E-state index in [1.54, 1.807) is 6.92 Å². The molecule has 0 radical (unpaired) electrons. The number of carbonyl (C=O) groups is 2. The SMILES string of the molecule is Cc1cc(C(NC(=O)c2cnn3c2CCCC3C)C(=O)O)ccc1F. The third-order valence-corrected chi connectivity index (χ3v) is 4.63. The Labute approximate surface area is 144 Å². The Balaban J connectivity index is 1.87. The molecule has 2 heterocycles. The first-order valence-electron chi connectivity index (χ1n) is 8.24. The summed E-state index contributed by atoms with van der Waals surface area (Å²) in [6, 6.07) is 2.99. The van der Waals surface area contributed by atoms with Crippen LogP contribution >= 0.6 is 0 Å². The predicted octanol–water partition coefficient (Wildman–Crippen LogP) is 2.78. The number of carbonyl (C=O) groups excluding carboxylic acids is 1. The minimum Gasteiger partial charge on any atom is -0.479 e. The van der Waals surface area contributed by atoms with Crippen LogP contribution in [-0.4, -0.2) is 26.8 Å². The van der Waals surface area contributed by atoms with Crippen molar-refractivity contribution in [3.8, 4) is 0 Å². The van der Waals surface area contributed by atoms with E-state index in [0.29, 0.717) is 16.7 Å². The van der Waals surface area contributed by atoms with Crippen molar-refractivity contribution >= 4 is 11.9 Å². The first-order chi connectivity index (χ1) is 11.9. The van der Waals surface area contributed by atoms with Crippen LogP contribution in [0, 0.1) is 12.7 Å². The Bertz CT molecular complexity index is 831. The maximum absolute atomic E-state index is 13.4. The van der Waals surface area contributed by atoms with Crippen molar-refractivity contribution in [3.05, 3.63) is 52.6 Å². The lowest BCUT2D eigenvalue weighted by molar-refractivity contribution is -0.139. The van der Waals surface area contributed by atoms with Crippen molar-refractivity contribution in [2.24, 2.45) is 0 Å². The van der Waals surface area contributed by atoms with Gasteiger partial charge in [0.05, 0.1) is 17.5 Å². The number of aliphatic carboxylic acids is 1. The van der Waals surface area contributed by atoms with E-state index in [1.165, 1.54) is 24.4 Å². The van der Waals surface area contributed by atoms with E-state index >= 15 is 0 Å². The number of carboxylic acid groups (broad SMARTS) is 1. The molecular weight excluding hydrogens is 325 g/mol. The highest BCUT2D eigenvalue weighted by Crippen LogP contribution is 2.26. The Morgan fingerprint density at radius 2 is 2.20 bits per heavy atom. The van der Waals surface area contributed by atoms with Crippen molar-refractivity contribution in [2.45, 2.75) is 45.2 Å². The molecule has 1 aromatic carbocycles. The summed E-state index contributed by atoms with van der Waals surface area (Å²) < 4.78 is 15.3. The lowest BCUT2D eigenvalue weighted by Gasteiger charge is -2.22. The highest BCUT2D eigenvalue weighted by atomic mass is 19.1. The fourth-order valence-corrected chi connectivity index (χ4v) is 3.24. The average Bonchev–Trinajstić information content (AvgIpc) is 3.00. The molecule has 0 bridgehead atoms. The summed E-state index contributed by atoms with van der Waals surface area (Å²) in [7, 11) is 0. The van der Waals surface area contributed by atoms with Crippen LogP contribution in [0.3, 0.4) is 0 Å². The van der Waals surface area contributed by atoms with Crippen molar-refractivity contribution in [1.29, 1.82) is 0 Å². The number of benzene rings is 1. The summed E-state index contributed by atoms with van der Waals surface area (Å²) in [4.78, 5) is 24.2. The maximum atomic E-state index is 13.4. The molecule has 0 fully saturated rings. The Kier molecular flexibility index (Phi) is 4.57. The Morgan fingerprint density at radius 3 is 2.88 bits per heavy atom. The highest BCUT2D eigenvalue weighted by Gasteiger charge is 2.28. The van der Waals surface area contributed by atoms with E-state index in [1.807, 2.05) is 11.6 Å². The van der Waals surface area contributed by atoms with E-state index in [2.05, 4.69) is 10.4 Å². The third kappa shape index (κ3) is 3.26. The van der Waals surface area contributed by atoms with Crippen LogP contribution in [0.5, 0.6) is 0 Å². The van der Waals surface area contributed by atoms with Gasteiger partial charge in [-0.1, -0.05) is 12.1 Å². The normalized spacial score (nSPS) is 17.6. The highest BCUT2D eigenvalue weighted by molar-refractivity contribution is 5.97. The number of amides is 1. The number of aryl methyl sites for hydroxylation is 1. The smallest absolute Gasteiger partial charge is 0.330 e. The monoisotopic (exact) mass is 345 g/mol. The second-order valence-electron chi connectivity index (χ2n) is 6.44. The van der Waals surface area contributed by atoms with Crippen LogP contribution in [0.15, 0.2) is 24.4 Å². The molecule has 2 atom stereocenters. The lowest BCUT2D eigenvalue weighted by atomic mass is 10.0. The van der Waals surface area contributed by atoms with Gasteiger partial charge in [0, 0.05) is 6.04 Å². The quantitative estimate of drug-likeness (QED) is 0.892. The first-order valence-corrected chi connectivity index (χ1v) is 8.24. The van der Waals surface area contributed by atoms with E-state index in [9.17, 15) is 19.1 Å². The number of halogens is 1. The molecule has 2 aromatic rings. The van der Waals surface area contributed by atoms with Gasteiger partial charge >= 0.3 is 5.97 Å². The number of nitrogens with zero attached hydrogens (tertiary/aromatic N) is 2. The minimum atomic E-state index is -1.25. The van der Waals surface area contributed by atoms with Gasteiger partial charge in [-0.2, -0.15) is 5.10 Å².